The molecule has 0 radical (unpaired) electrons. The van der Waals surface area contributed by atoms with Gasteiger partial charge in [-0.2, -0.15) is 11.8 Å². The van der Waals surface area contributed by atoms with Crippen LogP contribution in [-0.2, 0) is 0 Å². The minimum atomic E-state index is 0.366. The van der Waals surface area contributed by atoms with Crippen LogP contribution < -0.4 is 5.32 Å². The summed E-state index contributed by atoms with van der Waals surface area (Å²) in [5.41, 5.74) is 0. The standard InChI is InChI=1S/C10H19NOS/c12-7-8-3-5-13-6-4-10(8)11-9-1-2-9/h8-12H,1-7H2. The van der Waals surface area contributed by atoms with E-state index in [1.54, 1.807) is 0 Å². The Kier molecular flexibility index (Phi) is 3.52. The van der Waals surface area contributed by atoms with E-state index in [9.17, 15) is 5.11 Å². The Hall–Kier alpha value is 0.270. The predicted molar refractivity (Wildman–Crippen MR) is 57.1 cm³/mol. The number of aliphatic hydroxyl groups excluding tert-OH is 1. The van der Waals surface area contributed by atoms with Crippen molar-refractivity contribution in [3.8, 4) is 0 Å². The van der Waals surface area contributed by atoms with E-state index in [0.29, 0.717) is 18.6 Å². The normalized spacial score (nSPS) is 35.8. The van der Waals surface area contributed by atoms with Crippen molar-refractivity contribution in [3.05, 3.63) is 0 Å². The van der Waals surface area contributed by atoms with Crippen molar-refractivity contribution < 1.29 is 5.11 Å². The summed E-state index contributed by atoms with van der Waals surface area (Å²) < 4.78 is 0. The summed E-state index contributed by atoms with van der Waals surface area (Å²) in [6.45, 7) is 0.366. The Morgan fingerprint density at radius 3 is 2.62 bits per heavy atom. The Labute approximate surface area is 84.5 Å². The fourth-order valence-electron chi connectivity index (χ4n) is 1.97. The Morgan fingerprint density at radius 1 is 1.15 bits per heavy atom. The van der Waals surface area contributed by atoms with E-state index < -0.39 is 0 Å². The maximum Gasteiger partial charge on any atom is 0.0474 e. The molecular formula is C10H19NOS. The predicted octanol–water partition coefficient (Wildman–Crippen LogP) is 1.24. The lowest BCUT2D eigenvalue weighted by atomic mass is 9.96. The maximum atomic E-state index is 9.27. The number of thioether (sulfide) groups is 1. The monoisotopic (exact) mass is 201 g/mol. The van der Waals surface area contributed by atoms with Crippen LogP contribution in [-0.4, -0.2) is 35.3 Å². The highest BCUT2D eigenvalue weighted by Crippen LogP contribution is 2.27. The molecule has 2 aliphatic rings. The lowest BCUT2D eigenvalue weighted by Crippen LogP contribution is -2.39. The van der Waals surface area contributed by atoms with Crippen molar-refractivity contribution in [2.24, 2.45) is 5.92 Å². The van der Waals surface area contributed by atoms with Gasteiger partial charge in [0.05, 0.1) is 0 Å². The summed E-state index contributed by atoms with van der Waals surface area (Å²) in [7, 11) is 0. The molecule has 1 aliphatic carbocycles. The van der Waals surface area contributed by atoms with Gasteiger partial charge in [0.2, 0.25) is 0 Å². The van der Waals surface area contributed by atoms with Crippen LogP contribution in [0.4, 0.5) is 0 Å². The second-order valence-electron chi connectivity index (χ2n) is 4.18. The molecule has 2 unspecified atom stereocenters. The first kappa shape index (κ1) is 9.81. The SMILES string of the molecule is OCC1CCSCCC1NC1CC1. The lowest BCUT2D eigenvalue weighted by molar-refractivity contribution is 0.184. The molecule has 0 aromatic heterocycles. The van der Waals surface area contributed by atoms with Gasteiger partial charge in [-0.05, 0) is 43.1 Å². The molecule has 13 heavy (non-hydrogen) atoms. The van der Waals surface area contributed by atoms with Crippen LogP contribution in [0.25, 0.3) is 0 Å². The van der Waals surface area contributed by atoms with E-state index in [0.717, 1.165) is 6.04 Å². The molecule has 2 atom stereocenters. The summed E-state index contributed by atoms with van der Waals surface area (Å²) in [5, 5.41) is 12.9. The van der Waals surface area contributed by atoms with Crippen LogP contribution in [0.3, 0.4) is 0 Å². The molecule has 0 spiro atoms. The van der Waals surface area contributed by atoms with Gasteiger partial charge in [-0.3, -0.25) is 0 Å². The van der Waals surface area contributed by atoms with E-state index in [1.165, 1.54) is 37.2 Å². The zero-order valence-corrected chi connectivity index (χ0v) is 8.85. The molecule has 2 fully saturated rings. The smallest absolute Gasteiger partial charge is 0.0474 e. The van der Waals surface area contributed by atoms with Gasteiger partial charge in [-0.1, -0.05) is 0 Å². The topological polar surface area (TPSA) is 32.3 Å². The van der Waals surface area contributed by atoms with Gasteiger partial charge in [0, 0.05) is 18.7 Å². The van der Waals surface area contributed by atoms with Crippen LogP contribution in [0, 0.1) is 5.92 Å². The molecule has 1 saturated heterocycles. The van der Waals surface area contributed by atoms with E-state index in [2.05, 4.69) is 5.32 Å². The maximum absolute atomic E-state index is 9.27. The Morgan fingerprint density at radius 2 is 1.92 bits per heavy atom. The zero-order valence-electron chi connectivity index (χ0n) is 8.04. The first-order chi connectivity index (χ1) is 6.40. The van der Waals surface area contributed by atoms with Crippen LogP contribution in [0.2, 0.25) is 0 Å². The fraction of sp³-hybridized carbons (Fsp3) is 1.00. The van der Waals surface area contributed by atoms with Crippen LogP contribution in [0.15, 0.2) is 0 Å². The van der Waals surface area contributed by atoms with E-state index in [1.807, 2.05) is 11.8 Å². The van der Waals surface area contributed by atoms with Gasteiger partial charge in [0.25, 0.3) is 0 Å². The molecule has 0 aromatic rings. The molecule has 1 aliphatic heterocycles. The second-order valence-corrected chi connectivity index (χ2v) is 5.40. The van der Waals surface area contributed by atoms with Gasteiger partial charge in [-0.15, -0.1) is 0 Å². The van der Waals surface area contributed by atoms with Crippen LogP contribution in [0.5, 0.6) is 0 Å². The average molecular weight is 201 g/mol. The highest BCUT2D eigenvalue weighted by atomic mass is 32.2. The van der Waals surface area contributed by atoms with Crippen molar-refractivity contribution in [3.63, 3.8) is 0 Å². The second kappa shape index (κ2) is 4.67. The summed E-state index contributed by atoms with van der Waals surface area (Å²) >= 11 is 2.03. The number of nitrogens with one attached hydrogen (secondary N) is 1. The summed E-state index contributed by atoms with van der Waals surface area (Å²) in [5.74, 6) is 3.00. The van der Waals surface area contributed by atoms with E-state index in [4.69, 9.17) is 0 Å². The first-order valence-corrected chi connectivity index (χ1v) is 6.50. The third kappa shape index (κ3) is 2.86. The molecule has 0 bridgehead atoms. The number of rotatable bonds is 3. The van der Waals surface area contributed by atoms with Gasteiger partial charge in [0.15, 0.2) is 0 Å². The minimum Gasteiger partial charge on any atom is -0.396 e. The first-order valence-electron chi connectivity index (χ1n) is 5.35. The van der Waals surface area contributed by atoms with E-state index >= 15 is 0 Å². The molecule has 0 aromatic carbocycles. The quantitative estimate of drug-likeness (QED) is 0.720. The molecule has 1 saturated carbocycles. The summed E-state index contributed by atoms with van der Waals surface area (Å²) in [6.07, 6.45) is 5.13. The summed E-state index contributed by atoms with van der Waals surface area (Å²) in [6, 6.07) is 1.37. The van der Waals surface area contributed by atoms with Crippen LogP contribution >= 0.6 is 11.8 Å². The molecule has 3 heteroatoms. The van der Waals surface area contributed by atoms with Gasteiger partial charge >= 0.3 is 0 Å². The summed E-state index contributed by atoms with van der Waals surface area (Å²) in [4.78, 5) is 0. The number of aliphatic hydroxyl groups is 1. The van der Waals surface area contributed by atoms with Gasteiger partial charge in [-0.25, -0.2) is 0 Å². The molecule has 76 valence electrons. The molecule has 1 heterocycles. The van der Waals surface area contributed by atoms with Crippen molar-refractivity contribution in [2.75, 3.05) is 18.1 Å². The number of hydrogen-bond acceptors (Lipinski definition) is 3. The van der Waals surface area contributed by atoms with Crippen molar-refractivity contribution in [1.29, 1.82) is 0 Å². The average Bonchev–Trinajstić information content (AvgIpc) is 2.93. The molecule has 0 amide bonds. The molecule has 2 rings (SSSR count). The third-order valence-corrected chi connectivity index (χ3v) is 4.09. The Bertz CT molecular complexity index is 161. The molecular weight excluding hydrogens is 182 g/mol. The van der Waals surface area contributed by atoms with Crippen molar-refractivity contribution >= 4 is 11.8 Å². The fourth-order valence-corrected chi connectivity index (χ4v) is 3.07. The lowest BCUT2D eigenvalue weighted by Gasteiger charge is -2.24. The van der Waals surface area contributed by atoms with Crippen molar-refractivity contribution in [2.45, 2.75) is 37.8 Å². The van der Waals surface area contributed by atoms with Crippen molar-refractivity contribution in [1.82, 2.24) is 5.32 Å². The number of hydrogen-bond donors (Lipinski definition) is 2. The zero-order chi connectivity index (χ0) is 9.10. The largest absolute Gasteiger partial charge is 0.396 e. The third-order valence-electron chi connectivity index (χ3n) is 3.04. The highest BCUT2D eigenvalue weighted by Gasteiger charge is 2.29. The van der Waals surface area contributed by atoms with Gasteiger partial charge in [0.1, 0.15) is 0 Å². The minimum absolute atomic E-state index is 0.366. The van der Waals surface area contributed by atoms with Crippen LogP contribution in [0.1, 0.15) is 25.7 Å². The Balaban J connectivity index is 1.85. The van der Waals surface area contributed by atoms with Gasteiger partial charge < -0.3 is 10.4 Å². The highest BCUT2D eigenvalue weighted by molar-refractivity contribution is 7.99. The molecule has 2 nitrogen and oxygen atoms in total. The molecule has 2 N–H and O–H groups in total. The van der Waals surface area contributed by atoms with E-state index in [-0.39, 0.29) is 0 Å².